The number of carbonyl (C=O) groups is 1. The predicted molar refractivity (Wildman–Crippen MR) is 78.3 cm³/mol. The van der Waals surface area contributed by atoms with Gasteiger partial charge in [0.25, 0.3) is 0 Å². The molecule has 0 fully saturated rings. The number of aryl methyl sites for hydroxylation is 1. The standard InChI is InChI=1S/C14H16BrN3O2/c1-3-18-13(16-9-17-18)12(14(19)20-4-2)10-6-5-7-11(15)8-10/h5-9,12H,3-4H2,1-2H3. The van der Waals surface area contributed by atoms with E-state index in [4.69, 9.17) is 4.74 Å². The lowest BCUT2D eigenvalue weighted by molar-refractivity contribution is -0.144. The maximum absolute atomic E-state index is 12.3. The van der Waals surface area contributed by atoms with Crippen LogP contribution in [0.2, 0.25) is 0 Å². The van der Waals surface area contributed by atoms with Crippen molar-refractivity contribution in [2.75, 3.05) is 6.61 Å². The first-order valence-corrected chi connectivity index (χ1v) is 7.26. The highest BCUT2D eigenvalue weighted by molar-refractivity contribution is 9.10. The largest absolute Gasteiger partial charge is 0.465 e. The summed E-state index contributed by atoms with van der Waals surface area (Å²) in [5.41, 5.74) is 0.834. The Balaban J connectivity index is 2.47. The molecular weight excluding hydrogens is 322 g/mol. The van der Waals surface area contributed by atoms with Gasteiger partial charge < -0.3 is 4.74 Å². The van der Waals surface area contributed by atoms with Crippen LogP contribution in [-0.4, -0.2) is 27.3 Å². The molecule has 0 amide bonds. The highest BCUT2D eigenvalue weighted by Gasteiger charge is 2.28. The topological polar surface area (TPSA) is 57.0 Å². The fourth-order valence-corrected chi connectivity index (χ4v) is 2.46. The summed E-state index contributed by atoms with van der Waals surface area (Å²) in [6.45, 7) is 4.74. The van der Waals surface area contributed by atoms with Crippen molar-refractivity contribution in [2.24, 2.45) is 0 Å². The Hall–Kier alpha value is -1.69. The zero-order valence-corrected chi connectivity index (χ0v) is 13.0. The van der Waals surface area contributed by atoms with Crippen molar-refractivity contribution in [3.8, 4) is 0 Å². The van der Waals surface area contributed by atoms with Gasteiger partial charge in [0.15, 0.2) is 0 Å². The first kappa shape index (κ1) is 14.7. The van der Waals surface area contributed by atoms with Crippen LogP contribution in [0.3, 0.4) is 0 Å². The number of halogens is 1. The minimum atomic E-state index is -0.560. The van der Waals surface area contributed by atoms with Crippen molar-refractivity contribution < 1.29 is 9.53 Å². The van der Waals surface area contributed by atoms with Crippen LogP contribution in [0.5, 0.6) is 0 Å². The molecule has 6 heteroatoms. The molecule has 0 aliphatic rings. The van der Waals surface area contributed by atoms with Crippen LogP contribution < -0.4 is 0 Å². The number of nitrogens with zero attached hydrogens (tertiary/aromatic N) is 3. The van der Waals surface area contributed by atoms with Gasteiger partial charge in [0, 0.05) is 11.0 Å². The summed E-state index contributed by atoms with van der Waals surface area (Å²) >= 11 is 3.42. The second kappa shape index (κ2) is 6.65. The first-order chi connectivity index (χ1) is 9.67. The molecule has 0 radical (unpaired) electrons. The van der Waals surface area contributed by atoms with E-state index in [9.17, 15) is 4.79 Å². The molecule has 0 spiro atoms. The zero-order chi connectivity index (χ0) is 14.5. The zero-order valence-electron chi connectivity index (χ0n) is 11.4. The Morgan fingerprint density at radius 1 is 1.45 bits per heavy atom. The lowest BCUT2D eigenvalue weighted by Crippen LogP contribution is -2.21. The Morgan fingerprint density at radius 3 is 2.90 bits per heavy atom. The number of esters is 1. The van der Waals surface area contributed by atoms with E-state index in [1.165, 1.54) is 6.33 Å². The molecule has 5 nitrogen and oxygen atoms in total. The first-order valence-electron chi connectivity index (χ1n) is 6.47. The van der Waals surface area contributed by atoms with E-state index in [0.717, 1.165) is 10.0 Å². The highest BCUT2D eigenvalue weighted by Crippen LogP contribution is 2.26. The molecule has 0 bridgehead atoms. The third-order valence-electron chi connectivity index (χ3n) is 2.91. The molecule has 0 aliphatic heterocycles. The fraction of sp³-hybridized carbons (Fsp3) is 0.357. The molecular formula is C14H16BrN3O2. The molecule has 2 aromatic rings. The molecule has 1 unspecified atom stereocenters. The molecule has 20 heavy (non-hydrogen) atoms. The smallest absolute Gasteiger partial charge is 0.321 e. The molecule has 0 saturated heterocycles. The molecule has 1 heterocycles. The predicted octanol–water partition coefficient (Wildman–Crippen LogP) is 2.76. The van der Waals surface area contributed by atoms with Crippen LogP contribution in [0.4, 0.5) is 0 Å². The minimum absolute atomic E-state index is 0.312. The van der Waals surface area contributed by atoms with Crippen LogP contribution >= 0.6 is 15.9 Å². The monoisotopic (exact) mass is 337 g/mol. The summed E-state index contributed by atoms with van der Waals surface area (Å²) < 4.78 is 7.81. The molecule has 2 rings (SSSR count). The summed E-state index contributed by atoms with van der Waals surface area (Å²) in [4.78, 5) is 16.5. The second-order valence-electron chi connectivity index (χ2n) is 4.17. The van der Waals surface area contributed by atoms with Gasteiger partial charge in [0.1, 0.15) is 18.1 Å². The van der Waals surface area contributed by atoms with Gasteiger partial charge in [-0.05, 0) is 31.5 Å². The maximum Gasteiger partial charge on any atom is 0.321 e. The van der Waals surface area contributed by atoms with Crippen LogP contribution in [0.25, 0.3) is 0 Å². The van der Waals surface area contributed by atoms with Crippen molar-refractivity contribution >= 4 is 21.9 Å². The normalized spacial score (nSPS) is 12.2. The second-order valence-corrected chi connectivity index (χ2v) is 5.09. The minimum Gasteiger partial charge on any atom is -0.465 e. The summed E-state index contributed by atoms with van der Waals surface area (Å²) in [5, 5.41) is 4.13. The summed E-state index contributed by atoms with van der Waals surface area (Å²) in [7, 11) is 0. The van der Waals surface area contributed by atoms with Gasteiger partial charge in [-0.1, -0.05) is 28.1 Å². The number of rotatable bonds is 5. The third kappa shape index (κ3) is 3.07. The Labute approximate surface area is 126 Å². The van der Waals surface area contributed by atoms with Crippen LogP contribution in [0.15, 0.2) is 35.1 Å². The van der Waals surface area contributed by atoms with E-state index in [0.29, 0.717) is 19.0 Å². The van der Waals surface area contributed by atoms with Gasteiger partial charge in [-0.15, -0.1) is 0 Å². The van der Waals surface area contributed by atoms with Crippen LogP contribution in [0, 0.1) is 0 Å². The quantitative estimate of drug-likeness (QED) is 0.787. The van der Waals surface area contributed by atoms with Crippen molar-refractivity contribution in [1.29, 1.82) is 0 Å². The van der Waals surface area contributed by atoms with Crippen molar-refractivity contribution in [2.45, 2.75) is 26.3 Å². The number of aromatic nitrogens is 3. The van der Waals surface area contributed by atoms with Crippen LogP contribution in [0.1, 0.15) is 31.2 Å². The third-order valence-corrected chi connectivity index (χ3v) is 3.40. The average Bonchev–Trinajstić information content (AvgIpc) is 2.87. The number of hydrogen-bond acceptors (Lipinski definition) is 4. The Bertz CT molecular complexity index is 598. The molecule has 1 aromatic heterocycles. The van der Waals surface area contributed by atoms with Gasteiger partial charge in [0.05, 0.1) is 6.61 Å². The molecule has 0 aliphatic carbocycles. The van der Waals surface area contributed by atoms with Gasteiger partial charge in [-0.2, -0.15) is 5.10 Å². The van der Waals surface area contributed by atoms with E-state index >= 15 is 0 Å². The van der Waals surface area contributed by atoms with Gasteiger partial charge in [-0.25, -0.2) is 9.67 Å². The van der Waals surface area contributed by atoms with Crippen LogP contribution in [-0.2, 0) is 16.1 Å². The van der Waals surface area contributed by atoms with E-state index in [1.54, 1.807) is 11.6 Å². The SMILES string of the molecule is CCOC(=O)C(c1cccc(Br)c1)c1ncnn1CC. The Morgan fingerprint density at radius 2 is 2.25 bits per heavy atom. The Kier molecular flexibility index (Phi) is 4.89. The highest BCUT2D eigenvalue weighted by atomic mass is 79.9. The van der Waals surface area contributed by atoms with Crippen molar-refractivity contribution in [3.63, 3.8) is 0 Å². The van der Waals surface area contributed by atoms with Crippen molar-refractivity contribution in [1.82, 2.24) is 14.8 Å². The van der Waals surface area contributed by atoms with E-state index < -0.39 is 5.92 Å². The lowest BCUT2D eigenvalue weighted by Gasteiger charge is -2.16. The molecule has 0 saturated carbocycles. The number of carbonyl (C=O) groups excluding carboxylic acids is 1. The summed E-state index contributed by atoms with van der Waals surface area (Å²) in [5.74, 6) is -0.271. The van der Waals surface area contributed by atoms with Gasteiger partial charge >= 0.3 is 5.97 Å². The molecule has 0 N–H and O–H groups in total. The van der Waals surface area contributed by atoms with E-state index in [-0.39, 0.29) is 5.97 Å². The molecule has 1 aromatic carbocycles. The number of ether oxygens (including phenoxy) is 1. The van der Waals surface area contributed by atoms with Gasteiger partial charge in [-0.3, -0.25) is 4.79 Å². The van der Waals surface area contributed by atoms with Gasteiger partial charge in [0.2, 0.25) is 0 Å². The lowest BCUT2D eigenvalue weighted by atomic mass is 9.98. The van der Waals surface area contributed by atoms with E-state index in [2.05, 4.69) is 26.0 Å². The van der Waals surface area contributed by atoms with E-state index in [1.807, 2.05) is 31.2 Å². The molecule has 1 atom stereocenters. The summed E-state index contributed by atoms with van der Waals surface area (Å²) in [6.07, 6.45) is 1.46. The molecule has 106 valence electrons. The fourth-order valence-electron chi connectivity index (χ4n) is 2.04. The summed E-state index contributed by atoms with van der Waals surface area (Å²) in [6, 6.07) is 7.59. The number of hydrogen-bond donors (Lipinski definition) is 0. The number of benzene rings is 1. The van der Waals surface area contributed by atoms with Crippen molar-refractivity contribution in [3.05, 3.63) is 46.5 Å². The average molecular weight is 338 g/mol. The maximum atomic E-state index is 12.3.